The van der Waals surface area contributed by atoms with Gasteiger partial charge in [-0.3, -0.25) is 4.79 Å². The Hall–Kier alpha value is -2.10. The van der Waals surface area contributed by atoms with Crippen LogP contribution in [-0.2, 0) is 4.79 Å². The van der Waals surface area contributed by atoms with Crippen molar-refractivity contribution in [2.24, 2.45) is 0 Å². The lowest BCUT2D eigenvalue weighted by Gasteiger charge is -2.07. The Balaban J connectivity index is 2.06. The SMILES string of the molecule is CCC(C)NC(=O)/C=C/c1nc2ccccc2o1. The summed E-state index contributed by atoms with van der Waals surface area (Å²) >= 11 is 0. The molecule has 0 fully saturated rings. The Kier molecular flexibility index (Phi) is 3.77. The van der Waals surface area contributed by atoms with E-state index in [-0.39, 0.29) is 11.9 Å². The van der Waals surface area contributed by atoms with E-state index in [4.69, 9.17) is 4.42 Å². The second kappa shape index (κ2) is 5.49. The van der Waals surface area contributed by atoms with Crippen LogP contribution < -0.4 is 5.32 Å². The number of rotatable bonds is 4. The summed E-state index contributed by atoms with van der Waals surface area (Å²) in [6.07, 6.45) is 3.93. The van der Waals surface area contributed by atoms with Crippen molar-refractivity contribution in [3.05, 3.63) is 36.2 Å². The molecule has 1 aromatic heterocycles. The van der Waals surface area contributed by atoms with Gasteiger partial charge in [0.05, 0.1) is 0 Å². The molecular formula is C14H16N2O2. The van der Waals surface area contributed by atoms with E-state index in [1.807, 2.05) is 38.1 Å². The van der Waals surface area contributed by atoms with E-state index < -0.39 is 0 Å². The summed E-state index contributed by atoms with van der Waals surface area (Å²) < 4.78 is 5.47. The highest BCUT2D eigenvalue weighted by Crippen LogP contribution is 2.15. The highest BCUT2D eigenvalue weighted by Gasteiger charge is 2.04. The minimum atomic E-state index is -0.133. The van der Waals surface area contributed by atoms with Crippen LogP contribution in [0.3, 0.4) is 0 Å². The topological polar surface area (TPSA) is 55.1 Å². The maximum Gasteiger partial charge on any atom is 0.244 e. The third-order valence-corrected chi connectivity index (χ3v) is 2.69. The van der Waals surface area contributed by atoms with Crippen molar-refractivity contribution in [1.82, 2.24) is 10.3 Å². The fourth-order valence-corrected chi connectivity index (χ4v) is 1.50. The molecule has 1 atom stereocenters. The molecule has 1 aromatic carbocycles. The second-order valence-electron chi connectivity index (χ2n) is 4.17. The van der Waals surface area contributed by atoms with Crippen LogP contribution in [0.1, 0.15) is 26.2 Å². The molecule has 0 spiro atoms. The molecule has 1 N–H and O–H groups in total. The lowest BCUT2D eigenvalue weighted by atomic mass is 10.2. The van der Waals surface area contributed by atoms with Crippen LogP contribution in [0.25, 0.3) is 17.2 Å². The van der Waals surface area contributed by atoms with Crippen molar-refractivity contribution in [2.45, 2.75) is 26.3 Å². The van der Waals surface area contributed by atoms with Gasteiger partial charge >= 0.3 is 0 Å². The van der Waals surface area contributed by atoms with Gasteiger partial charge in [-0.1, -0.05) is 19.1 Å². The Bertz CT molecular complexity index is 539. The number of nitrogens with zero attached hydrogens (tertiary/aromatic N) is 1. The molecule has 1 unspecified atom stereocenters. The summed E-state index contributed by atoms with van der Waals surface area (Å²) in [5.74, 6) is 0.308. The molecule has 0 radical (unpaired) electrons. The van der Waals surface area contributed by atoms with Crippen molar-refractivity contribution in [2.75, 3.05) is 0 Å². The number of amides is 1. The summed E-state index contributed by atoms with van der Waals surface area (Å²) in [5, 5.41) is 2.84. The van der Waals surface area contributed by atoms with Gasteiger partial charge in [-0.05, 0) is 25.5 Å². The van der Waals surface area contributed by atoms with Crippen molar-refractivity contribution in [3.8, 4) is 0 Å². The zero-order valence-electron chi connectivity index (χ0n) is 10.5. The number of fused-ring (bicyclic) bond motifs is 1. The molecule has 0 bridgehead atoms. The number of hydrogen-bond acceptors (Lipinski definition) is 3. The monoisotopic (exact) mass is 244 g/mol. The lowest BCUT2D eigenvalue weighted by molar-refractivity contribution is -0.117. The van der Waals surface area contributed by atoms with Gasteiger partial charge in [-0.2, -0.15) is 0 Å². The van der Waals surface area contributed by atoms with Gasteiger partial charge in [0.2, 0.25) is 11.8 Å². The first-order valence-corrected chi connectivity index (χ1v) is 6.03. The van der Waals surface area contributed by atoms with Crippen LogP contribution in [0, 0.1) is 0 Å². The van der Waals surface area contributed by atoms with Crippen LogP contribution in [0.15, 0.2) is 34.8 Å². The van der Waals surface area contributed by atoms with E-state index in [2.05, 4.69) is 10.3 Å². The number of benzene rings is 1. The molecular weight excluding hydrogens is 228 g/mol. The summed E-state index contributed by atoms with van der Waals surface area (Å²) in [4.78, 5) is 15.8. The summed E-state index contributed by atoms with van der Waals surface area (Å²) in [5.41, 5.74) is 1.51. The van der Waals surface area contributed by atoms with Crippen molar-refractivity contribution in [1.29, 1.82) is 0 Å². The number of carbonyl (C=O) groups excluding carboxylic acids is 1. The molecule has 0 aliphatic carbocycles. The first-order chi connectivity index (χ1) is 8.69. The minimum absolute atomic E-state index is 0.133. The summed E-state index contributed by atoms with van der Waals surface area (Å²) in [6.45, 7) is 3.99. The number of carbonyl (C=O) groups is 1. The standard InChI is InChI=1S/C14H16N2O2/c1-3-10(2)15-13(17)8-9-14-16-11-6-4-5-7-12(11)18-14/h4-10H,3H2,1-2H3,(H,15,17)/b9-8+. The first kappa shape index (κ1) is 12.4. The molecule has 0 aliphatic heterocycles. The maximum absolute atomic E-state index is 11.5. The molecule has 94 valence electrons. The zero-order chi connectivity index (χ0) is 13.0. The van der Waals surface area contributed by atoms with Gasteiger partial charge in [-0.25, -0.2) is 4.98 Å². The molecule has 0 saturated heterocycles. The third kappa shape index (κ3) is 2.97. The smallest absolute Gasteiger partial charge is 0.244 e. The number of aromatic nitrogens is 1. The molecule has 1 heterocycles. The fraction of sp³-hybridized carbons (Fsp3) is 0.286. The van der Waals surface area contributed by atoms with E-state index in [0.29, 0.717) is 5.89 Å². The van der Waals surface area contributed by atoms with Gasteiger partial charge < -0.3 is 9.73 Å². The normalized spacial score (nSPS) is 13.0. The van der Waals surface area contributed by atoms with Gasteiger partial charge in [0.15, 0.2) is 5.58 Å². The molecule has 2 aromatic rings. The highest BCUT2D eigenvalue weighted by atomic mass is 16.3. The van der Waals surface area contributed by atoms with Crippen LogP contribution in [0.4, 0.5) is 0 Å². The molecule has 2 rings (SSSR count). The van der Waals surface area contributed by atoms with E-state index in [9.17, 15) is 4.79 Å². The van der Waals surface area contributed by atoms with E-state index in [1.165, 1.54) is 6.08 Å². The van der Waals surface area contributed by atoms with E-state index >= 15 is 0 Å². The van der Waals surface area contributed by atoms with Crippen LogP contribution in [-0.4, -0.2) is 16.9 Å². The Morgan fingerprint density at radius 1 is 1.50 bits per heavy atom. The summed E-state index contributed by atoms with van der Waals surface area (Å²) in [6, 6.07) is 7.67. The molecule has 4 nitrogen and oxygen atoms in total. The Labute approximate surface area is 106 Å². The first-order valence-electron chi connectivity index (χ1n) is 6.03. The zero-order valence-corrected chi connectivity index (χ0v) is 10.5. The maximum atomic E-state index is 11.5. The van der Waals surface area contributed by atoms with Crippen LogP contribution in [0.2, 0.25) is 0 Å². The van der Waals surface area contributed by atoms with Gasteiger partial charge in [0.25, 0.3) is 0 Å². The third-order valence-electron chi connectivity index (χ3n) is 2.69. The Morgan fingerprint density at radius 3 is 3.00 bits per heavy atom. The van der Waals surface area contributed by atoms with Crippen molar-refractivity contribution < 1.29 is 9.21 Å². The van der Waals surface area contributed by atoms with E-state index in [0.717, 1.165) is 17.5 Å². The molecule has 0 saturated carbocycles. The quantitative estimate of drug-likeness (QED) is 0.841. The average molecular weight is 244 g/mol. The average Bonchev–Trinajstić information content (AvgIpc) is 2.79. The van der Waals surface area contributed by atoms with Crippen LogP contribution in [0.5, 0.6) is 0 Å². The van der Waals surface area contributed by atoms with Gasteiger partial charge in [0.1, 0.15) is 5.52 Å². The molecule has 0 aliphatic rings. The number of hydrogen-bond donors (Lipinski definition) is 1. The van der Waals surface area contributed by atoms with E-state index in [1.54, 1.807) is 6.08 Å². The van der Waals surface area contributed by atoms with Crippen molar-refractivity contribution in [3.63, 3.8) is 0 Å². The summed E-state index contributed by atoms with van der Waals surface area (Å²) in [7, 11) is 0. The molecule has 18 heavy (non-hydrogen) atoms. The number of para-hydroxylation sites is 2. The van der Waals surface area contributed by atoms with Gasteiger partial charge in [0, 0.05) is 18.2 Å². The van der Waals surface area contributed by atoms with Crippen LogP contribution >= 0.6 is 0 Å². The molecule has 1 amide bonds. The van der Waals surface area contributed by atoms with Crippen molar-refractivity contribution >= 4 is 23.1 Å². The number of nitrogens with one attached hydrogen (secondary N) is 1. The molecule has 4 heteroatoms. The predicted molar refractivity (Wildman–Crippen MR) is 70.9 cm³/mol. The largest absolute Gasteiger partial charge is 0.437 e. The fourth-order valence-electron chi connectivity index (χ4n) is 1.50. The van der Waals surface area contributed by atoms with Gasteiger partial charge in [-0.15, -0.1) is 0 Å². The predicted octanol–water partition coefficient (Wildman–Crippen LogP) is 2.76. The lowest BCUT2D eigenvalue weighted by Crippen LogP contribution is -2.30. The minimum Gasteiger partial charge on any atom is -0.437 e. The Morgan fingerprint density at radius 2 is 2.28 bits per heavy atom. The second-order valence-corrected chi connectivity index (χ2v) is 4.17. The highest BCUT2D eigenvalue weighted by molar-refractivity contribution is 5.91. The number of oxazole rings is 1.